The van der Waals surface area contributed by atoms with Crippen LogP contribution in [0.15, 0.2) is 23.8 Å². The van der Waals surface area contributed by atoms with Crippen LogP contribution < -0.4 is 0 Å². The molecule has 0 saturated heterocycles. The van der Waals surface area contributed by atoms with Gasteiger partial charge in [0.1, 0.15) is 0 Å². The summed E-state index contributed by atoms with van der Waals surface area (Å²) in [7, 11) is 0. The van der Waals surface area contributed by atoms with Crippen molar-refractivity contribution in [3.05, 3.63) is 23.8 Å². The smallest absolute Gasteiger partial charge is 0.163 e. The molecular weight excluding hydrogens is 196 g/mol. The van der Waals surface area contributed by atoms with Gasteiger partial charge in [-0.25, -0.2) is 0 Å². The summed E-state index contributed by atoms with van der Waals surface area (Å²) in [4.78, 5) is 12.2. The van der Waals surface area contributed by atoms with Gasteiger partial charge < -0.3 is 0 Å². The Bertz CT molecular complexity index is 329. The van der Waals surface area contributed by atoms with E-state index in [1.807, 2.05) is 13.0 Å². The van der Waals surface area contributed by atoms with Crippen LogP contribution in [0.1, 0.15) is 52.4 Å². The van der Waals surface area contributed by atoms with Gasteiger partial charge in [-0.3, -0.25) is 4.79 Å². The lowest BCUT2D eigenvalue weighted by Gasteiger charge is -2.40. The lowest BCUT2D eigenvalue weighted by atomic mass is 9.63. The Morgan fingerprint density at radius 3 is 2.69 bits per heavy atom. The second-order valence-electron chi connectivity index (χ2n) is 5.39. The average molecular weight is 218 g/mol. The van der Waals surface area contributed by atoms with Gasteiger partial charge in [0.15, 0.2) is 5.78 Å². The molecule has 0 N–H and O–H groups in total. The third kappa shape index (κ3) is 1.88. The highest BCUT2D eigenvalue weighted by Gasteiger charge is 2.45. The molecular formula is C15H22O. The van der Waals surface area contributed by atoms with Crippen LogP contribution in [0.3, 0.4) is 0 Å². The molecule has 0 aromatic heterocycles. The minimum Gasteiger partial charge on any atom is -0.294 e. The van der Waals surface area contributed by atoms with E-state index in [1.54, 1.807) is 6.08 Å². The molecule has 0 bridgehead atoms. The summed E-state index contributed by atoms with van der Waals surface area (Å²) in [5.74, 6) is 0.512. The largest absolute Gasteiger partial charge is 0.294 e. The van der Waals surface area contributed by atoms with Crippen molar-refractivity contribution in [2.24, 2.45) is 11.3 Å². The van der Waals surface area contributed by atoms with E-state index in [4.69, 9.17) is 0 Å². The van der Waals surface area contributed by atoms with Gasteiger partial charge in [-0.05, 0) is 51.0 Å². The number of hydrogen-bond donors (Lipinski definition) is 0. The molecule has 1 atom stereocenters. The van der Waals surface area contributed by atoms with E-state index in [-0.39, 0.29) is 5.92 Å². The molecule has 2 aliphatic carbocycles. The Balaban J connectivity index is 2.31. The molecule has 0 aromatic carbocycles. The fourth-order valence-electron chi connectivity index (χ4n) is 3.74. The quantitative estimate of drug-likeness (QED) is 0.505. The predicted molar refractivity (Wildman–Crippen MR) is 67.2 cm³/mol. The average Bonchev–Trinajstić information content (AvgIpc) is 2.67. The van der Waals surface area contributed by atoms with Crippen LogP contribution >= 0.6 is 0 Å². The van der Waals surface area contributed by atoms with Crippen molar-refractivity contribution in [1.82, 2.24) is 0 Å². The van der Waals surface area contributed by atoms with Gasteiger partial charge in [-0.15, -0.1) is 0 Å². The van der Waals surface area contributed by atoms with Crippen LogP contribution in [0, 0.1) is 11.3 Å². The first-order valence-electron chi connectivity index (χ1n) is 6.53. The summed E-state index contributed by atoms with van der Waals surface area (Å²) in [6, 6.07) is 0. The van der Waals surface area contributed by atoms with Crippen molar-refractivity contribution in [2.75, 3.05) is 0 Å². The Kier molecular flexibility index (Phi) is 3.32. The molecule has 16 heavy (non-hydrogen) atoms. The lowest BCUT2D eigenvalue weighted by Crippen LogP contribution is -2.36. The van der Waals surface area contributed by atoms with Crippen molar-refractivity contribution in [2.45, 2.75) is 52.4 Å². The van der Waals surface area contributed by atoms with Gasteiger partial charge in [0.2, 0.25) is 0 Å². The fourth-order valence-corrected chi connectivity index (χ4v) is 3.74. The summed E-state index contributed by atoms with van der Waals surface area (Å²) in [6.45, 7) is 4.08. The second kappa shape index (κ2) is 4.57. The zero-order valence-corrected chi connectivity index (χ0v) is 10.5. The van der Waals surface area contributed by atoms with Crippen LogP contribution in [0.4, 0.5) is 0 Å². The Morgan fingerprint density at radius 1 is 1.38 bits per heavy atom. The van der Waals surface area contributed by atoms with Gasteiger partial charge in [-0.2, -0.15) is 0 Å². The van der Waals surface area contributed by atoms with Crippen molar-refractivity contribution in [3.63, 3.8) is 0 Å². The van der Waals surface area contributed by atoms with E-state index >= 15 is 0 Å². The molecule has 0 amide bonds. The monoisotopic (exact) mass is 218 g/mol. The van der Waals surface area contributed by atoms with E-state index in [9.17, 15) is 4.79 Å². The maximum Gasteiger partial charge on any atom is 0.163 e. The Hall–Kier alpha value is -0.850. The van der Waals surface area contributed by atoms with Gasteiger partial charge >= 0.3 is 0 Å². The van der Waals surface area contributed by atoms with Crippen LogP contribution in [0.25, 0.3) is 0 Å². The van der Waals surface area contributed by atoms with Gasteiger partial charge in [0, 0.05) is 5.92 Å². The third-order valence-electron chi connectivity index (χ3n) is 4.39. The topological polar surface area (TPSA) is 17.1 Å². The van der Waals surface area contributed by atoms with Crippen molar-refractivity contribution >= 4 is 5.78 Å². The van der Waals surface area contributed by atoms with Crippen LogP contribution in [-0.4, -0.2) is 5.78 Å². The molecule has 1 saturated carbocycles. The number of carbonyl (C=O) groups excluding carboxylic acids is 1. The predicted octanol–water partition coefficient (Wildman–Crippen LogP) is 4.05. The lowest BCUT2D eigenvalue weighted by molar-refractivity contribution is -0.121. The second-order valence-corrected chi connectivity index (χ2v) is 5.39. The maximum atomic E-state index is 12.2. The number of allylic oxidation sites excluding steroid dienone is 4. The van der Waals surface area contributed by atoms with E-state index in [1.165, 1.54) is 44.1 Å². The van der Waals surface area contributed by atoms with Crippen LogP contribution in [-0.2, 0) is 4.79 Å². The number of ketones is 1. The van der Waals surface area contributed by atoms with Crippen molar-refractivity contribution < 1.29 is 4.79 Å². The highest BCUT2D eigenvalue weighted by Crippen LogP contribution is 2.53. The Labute approximate surface area is 98.6 Å². The molecule has 1 nitrogen and oxygen atoms in total. The van der Waals surface area contributed by atoms with Gasteiger partial charge in [-0.1, -0.05) is 30.6 Å². The highest BCUT2D eigenvalue weighted by molar-refractivity contribution is 5.94. The Morgan fingerprint density at radius 2 is 2.06 bits per heavy atom. The maximum absolute atomic E-state index is 12.2. The molecule has 2 aliphatic rings. The minimum absolute atomic E-state index is 0.181. The van der Waals surface area contributed by atoms with Gasteiger partial charge in [0.05, 0.1) is 0 Å². The highest BCUT2D eigenvalue weighted by atomic mass is 16.1. The number of carbonyl (C=O) groups is 1. The summed E-state index contributed by atoms with van der Waals surface area (Å²) in [5.41, 5.74) is 1.63. The molecule has 1 unspecified atom stereocenters. The van der Waals surface area contributed by atoms with E-state index < -0.39 is 0 Å². The van der Waals surface area contributed by atoms with Crippen molar-refractivity contribution in [1.29, 1.82) is 0 Å². The standard InChI is InChI=1S/C15H22O/c1-3-7-13(16)14-12(2)8-6-11-15(14)9-4-5-10-15/h3,7-8,14H,4-6,9-11H2,1-2H3/b7-3+. The number of rotatable bonds is 2. The zero-order chi connectivity index (χ0) is 11.6. The molecule has 0 heterocycles. The molecule has 0 aromatic rings. The molecule has 2 rings (SSSR count). The molecule has 1 spiro atoms. The van der Waals surface area contributed by atoms with Crippen LogP contribution in [0.2, 0.25) is 0 Å². The fraction of sp³-hybridized carbons (Fsp3) is 0.667. The molecule has 0 radical (unpaired) electrons. The molecule has 0 aliphatic heterocycles. The van der Waals surface area contributed by atoms with Crippen LogP contribution in [0.5, 0.6) is 0 Å². The summed E-state index contributed by atoms with van der Waals surface area (Å²) in [6.07, 6.45) is 13.5. The molecule has 1 heteroatoms. The van der Waals surface area contributed by atoms with Crippen molar-refractivity contribution in [3.8, 4) is 0 Å². The summed E-state index contributed by atoms with van der Waals surface area (Å²) >= 11 is 0. The van der Waals surface area contributed by atoms with E-state index in [0.717, 1.165) is 0 Å². The first-order valence-corrected chi connectivity index (χ1v) is 6.53. The zero-order valence-electron chi connectivity index (χ0n) is 10.5. The summed E-state index contributed by atoms with van der Waals surface area (Å²) < 4.78 is 0. The molecule has 1 fully saturated rings. The van der Waals surface area contributed by atoms with Gasteiger partial charge in [0.25, 0.3) is 0 Å². The van der Waals surface area contributed by atoms with E-state index in [2.05, 4.69) is 13.0 Å². The number of hydrogen-bond acceptors (Lipinski definition) is 1. The summed E-state index contributed by atoms with van der Waals surface area (Å²) in [5, 5.41) is 0. The first-order chi connectivity index (χ1) is 7.69. The first kappa shape index (κ1) is 11.6. The molecule has 88 valence electrons. The SMILES string of the molecule is C/C=C/C(=O)C1C(C)=CCCC12CCCC2. The normalized spacial score (nSPS) is 28.6. The minimum atomic E-state index is 0.181. The van der Waals surface area contributed by atoms with E-state index in [0.29, 0.717) is 11.2 Å². The third-order valence-corrected chi connectivity index (χ3v) is 4.39.